The van der Waals surface area contributed by atoms with E-state index in [1.165, 1.54) is 0 Å². The zero-order valence-corrected chi connectivity index (χ0v) is 9.09. The number of carbonyl (C=O) groups is 1. The van der Waals surface area contributed by atoms with Gasteiger partial charge in [-0.25, -0.2) is 4.68 Å². The zero-order chi connectivity index (χ0) is 11.4. The van der Waals surface area contributed by atoms with Crippen molar-refractivity contribution in [2.75, 3.05) is 6.61 Å². The quantitative estimate of drug-likeness (QED) is 0.729. The minimum absolute atomic E-state index is 0.112. The van der Waals surface area contributed by atoms with Gasteiger partial charge in [-0.05, 0) is 18.6 Å². The molecule has 0 fully saturated rings. The van der Waals surface area contributed by atoms with E-state index in [2.05, 4.69) is 10.3 Å². The molecule has 5 heteroatoms. The number of ether oxygens (including phenoxy) is 1. The molecule has 0 unspecified atom stereocenters. The van der Waals surface area contributed by atoms with Crippen molar-refractivity contribution in [3.63, 3.8) is 0 Å². The van der Waals surface area contributed by atoms with Gasteiger partial charge < -0.3 is 4.74 Å². The lowest BCUT2D eigenvalue weighted by Gasteiger charge is -2.03. The van der Waals surface area contributed by atoms with Crippen LogP contribution < -0.4 is 0 Å². The Balaban J connectivity index is 2.12. The van der Waals surface area contributed by atoms with Gasteiger partial charge in [-0.2, -0.15) is 0 Å². The molecule has 1 heterocycles. The molecular formula is C11H13N3O2. The summed E-state index contributed by atoms with van der Waals surface area (Å²) < 4.78 is 6.53. The van der Waals surface area contributed by atoms with Crippen molar-refractivity contribution in [3.05, 3.63) is 24.3 Å². The highest BCUT2D eigenvalue weighted by molar-refractivity contribution is 5.76. The lowest BCUT2D eigenvalue weighted by atomic mass is 10.3. The third-order valence-corrected chi connectivity index (χ3v) is 2.17. The van der Waals surface area contributed by atoms with Crippen LogP contribution in [0.25, 0.3) is 11.0 Å². The van der Waals surface area contributed by atoms with Gasteiger partial charge in [0.05, 0.1) is 12.1 Å². The molecule has 16 heavy (non-hydrogen) atoms. The second kappa shape index (κ2) is 4.74. The second-order valence-corrected chi connectivity index (χ2v) is 3.46. The first-order chi connectivity index (χ1) is 7.81. The highest BCUT2D eigenvalue weighted by atomic mass is 16.5. The maximum absolute atomic E-state index is 11.4. The van der Waals surface area contributed by atoms with Gasteiger partial charge in [-0.15, -0.1) is 5.10 Å². The van der Waals surface area contributed by atoms with Crippen LogP contribution in [0.15, 0.2) is 24.3 Å². The lowest BCUT2D eigenvalue weighted by Crippen LogP contribution is -2.15. The van der Waals surface area contributed by atoms with Crippen LogP contribution in [0.4, 0.5) is 0 Å². The van der Waals surface area contributed by atoms with Crippen LogP contribution in [-0.4, -0.2) is 27.6 Å². The first-order valence-electron chi connectivity index (χ1n) is 5.25. The van der Waals surface area contributed by atoms with Gasteiger partial charge in [-0.3, -0.25) is 4.79 Å². The lowest BCUT2D eigenvalue weighted by molar-refractivity contribution is -0.144. The summed E-state index contributed by atoms with van der Waals surface area (Å²) >= 11 is 0. The smallest absolute Gasteiger partial charge is 0.327 e. The third kappa shape index (κ3) is 2.18. The second-order valence-electron chi connectivity index (χ2n) is 3.46. The Morgan fingerprint density at radius 1 is 1.44 bits per heavy atom. The molecule has 5 nitrogen and oxygen atoms in total. The summed E-state index contributed by atoms with van der Waals surface area (Å²) in [6.07, 6.45) is 0.823. The van der Waals surface area contributed by atoms with Gasteiger partial charge in [-0.1, -0.05) is 24.3 Å². The number of hydrogen-bond acceptors (Lipinski definition) is 4. The Kier molecular flexibility index (Phi) is 3.14. The molecule has 0 N–H and O–H groups in total. The van der Waals surface area contributed by atoms with Crippen LogP contribution in [0.2, 0.25) is 0 Å². The molecule has 0 aliphatic rings. The van der Waals surface area contributed by atoms with Gasteiger partial charge in [0.2, 0.25) is 0 Å². The van der Waals surface area contributed by atoms with Gasteiger partial charge in [0.1, 0.15) is 12.1 Å². The van der Waals surface area contributed by atoms with Crippen molar-refractivity contribution in [1.82, 2.24) is 15.0 Å². The van der Waals surface area contributed by atoms with Crippen LogP contribution in [0, 0.1) is 0 Å². The molecule has 0 bridgehead atoms. The van der Waals surface area contributed by atoms with E-state index in [-0.39, 0.29) is 12.5 Å². The molecule has 0 radical (unpaired) electrons. The topological polar surface area (TPSA) is 57.0 Å². The SMILES string of the molecule is CCCOC(=O)Cn1nnc2ccccc21. The van der Waals surface area contributed by atoms with Crippen LogP contribution in [0.5, 0.6) is 0 Å². The Bertz CT molecular complexity index is 493. The van der Waals surface area contributed by atoms with Crippen molar-refractivity contribution in [3.8, 4) is 0 Å². The van der Waals surface area contributed by atoms with Crippen LogP contribution in [0.3, 0.4) is 0 Å². The van der Waals surface area contributed by atoms with Crippen LogP contribution in [0.1, 0.15) is 13.3 Å². The Morgan fingerprint density at radius 2 is 2.25 bits per heavy atom. The summed E-state index contributed by atoms with van der Waals surface area (Å²) in [5.41, 5.74) is 1.63. The maximum atomic E-state index is 11.4. The first kappa shape index (κ1) is 10.6. The van der Waals surface area contributed by atoms with E-state index in [9.17, 15) is 4.79 Å². The Labute approximate surface area is 93.0 Å². The molecule has 0 atom stereocenters. The predicted molar refractivity (Wildman–Crippen MR) is 58.8 cm³/mol. The van der Waals surface area contributed by atoms with E-state index < -0.39 is 0 Å². The number of benzene rings is 1. The summed E-state index contributed by atoms with van der Waals surface area (Å²) in [4.78, 5) is 11.4. The number of aromatic nitrogens is 3. The molecule has 1 aromatic carbocycles. The van der Waals surface area contributed by atoms with E-state index in [4.69, 9.17) is 4.74 Å². The monoisotopic (exact) mass is 219 g/mol. The molecule has 1 aromatic heterocycles. The minimum Gasteiger partial charge on any atom is -0.464 e. The van der Waals surface area contributed by atoms with Crippen molar-refractivity contribution >= 4 is 17.0 Å². The van der Waals surface area contributed by atoms with Gasteiger partial charge in [0.15, 0.2) is 0 Å². The van der Waals surface area contributed by atoms with Crippen LogP contribution >= 0.6 is 0 Å². The molecular weight excluding hydrogens is 206 g/mol. The Hall–Kier alpha value is -1.91. The fourth-order valence-electron chi connectivity index (χ4n) is 1.42. The molecule has 2 aromatic rings. The average molecular weight is 219 g/mol. The zero-order valence-electron chi connectivity index (χ0n) is 9.09. The minimum atomic E-state index is -0.280. The Morgan fingerprint density at radius 3 is 3.06 bits per heavy atom. The predicted octanol–water partition coefficient (Wildman–Crippen LogP) is 1.38. The largest absolute Gasteiger partial charge is 0.464 e. The standard InChI is InChI=1S/C11H13N3O2/c1-2-7-16-11(15)8-14-10-6-4-3-5-9(10)12-13-14/h3-6H,2,7-8H2,1H3. The van der Waals surface area contributed by atoms with E-state index in [0.717, 1.165) is 17.5 Å². The maximum Gasteiger partial charge on any atom is 0.327 e. The van der Waals surface area contributed by atoms with E-state index in [1.54, 1.807) is 4.68 Å². The molecule has 0 saturated carbocycles. The van der Waals surface area contributed by atoms with Crippen LogP contribution in [-0.2, 0) is 16.1 Å². The number of hydrogen-bond donors (Lipinski definition) is 0. The van der Waals surface area contributed by atoms with Gasteiger partial charge in [0.25, 0.3) is 0 Å². The summed E-state index contributed by atoms with van der Waals surface area (Å²) in [6, 6.07) is 7.51. The highest BCUT2D eigenvalue weighted by Gasteiger charge is 2.08. The number of esters is 1. The molecule has 0 spiro atoms. The summed E-state index contributed by atoms with van der Waals surface area (Å²) in [6.45, 7) is 2.52. The molecule has 2 rings (SSSR count). The van der Waals surface area contributed by atoms with Gasteiger partial charge in [0, 0.05) is 0 Å². The summed E-state index contributed by atoms with van der Waals surface area (Å²) in [7, 11) is 0. The molecule has 84 valence electrons. The van der Waals surface area contributed by atoms with E-state index >= 15 is 0 Å². The number of nitrogens with zero attached hydrogens (tertiary/aromatic N) is 3. The fourth-order valence-corrected chi connectivity index (χ4v) is 1.42. The molecule has 0 aliphatic heterocycles. The fraction of sp³-hybridized carbons (Fsp3) is 0.364. The third-order valence-electron chi connectivity index (χ3n) is 2.17. The van der Waals surface area contributed by atoms with Crippen molar-refractivity contribution in [2.24, 2.45) is 0 Å². The molecule has 0 saturated heterocycles. The number of rotatable bonds is 4. The normalized spacial score (nSPS) is 10.6. The van der Waals surface area contributed by atoms with E-state index in [0.29, 0.717) is 6.61 Å². The number of para-hydroxylation sites is 1. The average Bonchev–Trinajstić information content (AvgIpc) is 2.70. The van der Waals surface area contributed by atoms with Crippen molar-refractivity contribution in [2.45, 2.75) is 19.9 Å². The number of carbonyl (C=O) groups excluding carboxylic acids is 1. The van der Waals surface area contributed by atoms with E-state index in [1.807, 2.05) is 31.2 Å². The molecule has 0 amide bonds. The van der Waals surface area contributed by atoms with Crippen molar-refractivity contribution < 1.29 is 9.53 Å². The number of fused-ring (bicyclic) bond motifs is 1. The van der Waals surface area contributed by atoms with Gasteiger partial charge >= 0.3 is 5.97 Å². The summed E-state index contributed by atoms with van der Waals surface area (Å²) in [5, 5.41) is 7.87. The molecule has 0 aliphatic carbocycles. The summed E-state index contributed by atoms with van der Waals surface area (Å²) in [5.74, 6) is -0.280. The van der Waals surface area contributed by atoms with Crippen molar-refractivity contribution in [1.29, 1.82) is 0 Å². The highest BCUT2D eigenvalue weighted by Crippen LogP contribution is 2.09. The first-order valence-corrected chi connectivity index (χ1v) is 5.25.